The van der Waals surface area contributed by atoms with Crippen LogP contribution < -0.4 is 5.14 Å². The van der Waals surface area contributed by atoms with Crippen LogP contribution in [0, 0.1) is 13.8 Å². The van der Waals surface area contributed by atoms with Crippen molar-refractivity contribution in [3.05, 3.63) is 61.7 Å². The summed E-state index contributed by atoms with van der Waals surface area (Å²) in [5.41, 5.74) is 2.18. The lowest BCUT2D eigenvalue weighted by Crippen LogP contribution is -2.18. The number of ketones is 1. The number of primary sulfonamides is 1. The fourth-order valence-corrected chi connectivity index (χ4v) is 5.38. The largest absolute Gasteiger partial charge is 0.453 e. The summed E-state index contributed by atoms with van der Waals surface area (Å²) in [6.07, 6.45) is 0. The first-order chi connectivity index (χ1) is 13.2. The normalized spacial score (nSPS) is 11.5. The molecule has 0 aliphatic rings. The van der Waals surface area contributed by atoms with E-state index in [1.165, 1.54) is 16.3 Å². The van der Waals surface area contributed by atoms with Crippen molar-refractivity contribution in [2.24, 2.45) is 5.14 Å². The summed E-state index contributed by atoms with van der Waals surface area (Å²) >= 11 is 2.53. The van der Waals surface area contributed by atoms with Crippen molar-refractivity contribution in [2.75, 3.05) is 6.61 Å². The zero-order chi connectivity index (χ0) is 20.5. The highest BCUT2D eigenvalue weighted by molar-refractivity contribution is 7.89. The third-order valence-electron chi connectivity index (χ3n) is 4.22. The molecule has 3 aromatic rings. The molecule has 3 heterocycles. The van der Waals surface area contributed by atoms with Gasteiger partial charge in [0.2, 0.25) is 15.8 Å². The Morgan fingerprint density at radius 2 is 1.93 bits per heavy atom. The van der Waals surface area contributed by atoms with Crippen LogP contribution in [0.25, 0.3) is 0 Å². The maximum absolute atomic E-state index is 12.6. The maximum Gasteiger partial charge on any atom is 0.350 e. The van der Waals surface area contributed by atoms with E-state index in [2.05, 4.69) is 0 Å². The molecule has 28 heavy (non-hydrogen) atoms. The van der Waals surface area contributed by atoms with Crippen molar-refractivity contribution in [3.8, 4) is 0 Å². The van der Waals surface area contributed by atoms with Crippen LogP contribution in [-0.2, 0) is 21.3 Å². The predicted molar refractivity (Wildman–Crippen MR) is 108 cm³/mol. The Hall–Kier alpha value is -2.27. The van der Waals surface area contributed by atoms with Crippen LogP contribution in [0.5, 0.6) is 0 Å². The van der Waals surface area contributed by atoms with Crippen LogP contribution in [0.2, 0.25) is 0 Å². The number of sulfonamides is 1. The molecule has 0 saturated carbocycles. The van der Waals surface area contributed by atoms with Gasteiger partial charge in [-0.3, -0.25) is 4.79 Å². The monoisotopic (exact) mass is 438 g/mol. The summed E-state index contributed by atoms with van der Waals surface area (Å²) in [6, 6.07) is 6.99. The number of carbonyl (C=O) groups is 2. The van der Waals surface area contributed by atoms with E-state index in [0.29, 0.717) is 12.1 Å². The van der Waals surface area contributed by atoms with E-state index in [9.17, 15) is 18.0 Å². The Labute approximate surface area is 170 Å². The molecule has 0 atom stereocenters. The molecule has 2 N–H and O–H groups in total. The molecule has 0 unspecified atom stereocenters. The summed E-state index contributed by atoms with van der Waals surface area (Å²) in [5, 5.41) is 8.51. The van der Waals surface area contributed by atoms with Crippen LogP contribution in [0.3, 0.4) is 0 Å². The molecule has 0 fully saturated rings. The second-order valence-electron chi connectivity index (χ2n) is 6.11. The summed E-state index contributed by atoms with van der Waals surface area (Å²) < 4.78 is 30.1. The summed E-state index contributed by atoms with van der Waals surface area (Å²) in [7, 11) is -4.04. The second kappa shape index (κ2) is 8.00. The predicted octanol–water partition coefficient (Wildman–Crippen LogP) is 2.96. The number of aromatic nitrogens is 1. The van der Waals surface area contributed by atoms with Gasteiger partial charge in [0.15, 0.2) is 6.61 Å². The Kier molecular flexibility index (Phi) is 5.84. The Morgan fingerprint density at radius 3 is 2.57 bits per heavy atom. The number of ether oxygens (including phenoxy) is 1. The number of esters is 1. The average molecular weight is 439 g/mol. The quantitative estimate of drug-likeness (QED) is 0.451. The fraction of sp³-hybridized carbons (Fsp3) is 0.222. The Morgan fingerprint density at radius 1 is 1.18 bits per heavy atom. The third-order valence-corrected chi connectivity index (χ3v) is 7.06. The van der Waals surface area contributed by atoms with E-state index >= 15 is 0 Å². The van der Waals surface area contributed by atoms with Gasteiger partial charge < -0.3 is 9.30 Å². The lowest BCUT2D eigenvalue weighted by molar-refractivity contribution is 0.0476. The van der Waals surface area contributed by atoms with Crippen molar-refractivity contribution in [3.63, 3.8) is 0 Å². The van der Waals surface area contributed by atoms with E-state index in [1.54, 1.807) is 17.4 Å². The number of carbonyl (C=O) groups excluding carboxylic acids is 2. The van der Waals surface area contributed by atoms with E-state index < -0.39 is 22.6 Å². The third kappa shape index (κ3) is 4.25. The molecular formula is C18H18N2O5S3. The molecule has 3 aromatic heterocycles. The van der Waals surface area contributed by atoms with Crippen LogP contribution in [-0.4, -0.2) is 31.3 Å². The molecule has 10 heteroatoms. The minimum Gasteiger partial charge on any atom is -0.453 e. The topological polar surface area (TPSA) is 108 Å². The van der Waals surface area contributed by atoms with Gasteiger partial charge in [0.1, 0.15) is 9.77 Å². The van der Waals surface area contributed by atoms with Gasteiger partial charge in [0, 0.05) is 21.8 Å². The molecule has 0 bridgehead atoms. The number of aryl methyl sites for hydroxylation is 1. The molecule has 0 spiro atoms. The van der Waals surface area contributed by atoms with Crippen LogP contribution in [0.15, 0.2) is 39.9 Å². The molecule has 0 saturated heterocycles. The SMILES string of the molecule is Cc1cc(C(=O)COC(=O)c2sccc2S(N)(=O)=O)c(C)n1Cc1cccs1. The molecule has 148 valence electrons. The summed E-state index contributed by atoms with van der Waals surface area (Å²) in [6.45, 7) is 3.93. The maximum atomic E-state index is 12.6. The van der Waals surface area contributed by atoms with E-state index in [-0.39, 0.29) is 15.6 Å². The Balaban J connectivity index is 1.72. The number of thiophene rings is 2. The molecule has 7 nitrogen and oxygen atoms in total. The zero-order valence-corrected chi connectivity index (χ0v) is 17.6. The van der Waals surface area contributed by atoms with Gasteiger partial charge in [-0.25, -0.2) is 18.4 Å². The van der Waals surface area contributed by atoms with Crippen LogP contribution in [0.4, 0.5) is 0 Å². The second-order valence-corrected chi connectivity index (χ2v) is 9.59. The van der Waals surface area contributed by atoms with E-state index in [4.69, 9.17) is 9.88 Å². The molecule has 0 aromatic carbocycles. The molecule has 0 radical (unpaired) electrons. The molecule has 0 amide bonds. The van der Waals surface area contributed by atoms with Gasteiger partial charge >= 0.3 is 5.97 Å². The van der Waals surface area contributed by atoms with Crippen molar-refractivity contribution in [2.45, 2.75) is 25.3 Å². The molecule has 0 aliphatic carbocycles. The highest BCUT2D eigenvalue weighted by Crippen LogP contribution is 2.23. The van der Waals surface area contributed by atoms with E-state index in [1.807, 2.05) is 35.9 Å². The van der Waals surface area contributed by atoms with Gasteiger partial charge in [-0.2, -0.15) is 0 Å². The highest BCUT2D eigenvalue weighted by Gasteiger charge is 2.24. The number of nitrogens with zero attached hydrogens (tertiary/aromatic N) is 1. The lowest BCUT2D eigenvalue weighted by Gasteiger charge is -2.08. The standard InChI is InChI=1S/C18H18N2O5S3/c1-11-8-14(12(2)20(11)9-13-4-3-6-26-13)15(21)10-25-18(22)17-16(5-7-27-17)28(19,23)24/h3-8H,9-10H2,1-2H3,(H2,19,23,24). The first-order valence-electron chi connectivity index (χ1n) is 8.18. The van der Waals surface area contributed by atoms with Crippen LogP contribution >= 0.6 is 22.7 Å². The minimum atomic E-state index is -4.04. The van der Waals surface area contributed by atoms with Gasteiger partial charge in [0.25, 0.3) is 0 Å². The van der Waals surface area contributed by atoms with Crippen LogP contribution in [0.1, 0.15) is 36.3 Å². The summed E-state index contributed by atoms with van der Waals surface area (Å²) in [5.74, 6) is -1.24. The number of Topliss-reactive ketones (excluding diaryl/α,β-unsaturated/α-hetero) is 1. The number of rotatable bonds is 7. The molecule has 3 rings (SSSR count). The van der Waals surface area contributed by atoms with Crippen molar-refractivity contribution in [1.82, 2.24) is 4.57 Å². The summed E-state index contributed by atoms with van der Waals surface area (Å²) in [4.78, 5) is 25.5. The number of hydrogen-bond donors (Lipinski definition) is 1. The van der Waals surface area contributed by atoms with Gasteiger partial charge in [-0.05, 0) is 42.8 Å². The number of hydrogen-bond acceptors (Lipinski definition) is 7. The lowest BCUT2D eigenvalue weighted by atomic mass is 10.1. The van der Waals surface area contributed by atoms with Crippen molar-refractivity contribution < 1.29 is 22.7 Å². The fourth-order valence-electron chi connectivity index (χ4n) is 2.83. The van der Waals surface area contributed by atoms with Crippen molar-refractivity contribution in [1.29, 1.82) is 0 Å². The van der Waals surface area contributed by atoms with E-state index in [0.717, 1.165) is 22.7 Å². The smallest absolute Gasteiger partial charge is 0.350 e. The van der Waals surface area contributed by atoms with Gasteiger partial charge in [-0.15, -0.1) is 22.7 Å². The first kappa shape index (κ1) is 20.5. The van der Waals surface area contributed by atoms with Gasteiger partial charge in [0.05, 0.1) is 6.54 Å². The highest BCUT2D eigenvalue weighted by atomic mass is 32.2. The van der Waals surface area contributed by atoms with Gasteiger partial charge in [-0.1, -0.05) is 6.07 Å². The van der Waals surface area contributed by atoms with Crippen molar-refractivity contribution >= 4 is 44.4 Å². The average Bonchev–Trinajstić information content (AvgIpc) is 3.36. The molecule has 0 aliphatic heterocycles. The zero-order valence-electron chi connectivity index (χ0n) is 15.2. The minimum absolute atomic E-state index is 0.140. The first-order valence-corrected chi connectivity index (χ1v) is 11.5. The molecular weight excluding hydrogens is 420 g/mol. The Bertz CT molecular complexity index is 1120. The number of nitrogens with two attached hydrogens (primary N) is 1.